The van der Waals surface area contributed by atoms with Crippen LogP contribution in [0.2, 0.25) is 0 Å². The molecule has 3 heterocycles. The van der Waals surface area contributed by atoms with E-state index in [2.05, 4.69) is 53.3 Å². The van der Waals surface area contributed by atoms with Crippen molar-refractivity contribution in [1.29, 1.82) is 0 Å². The zero-order valence-corrected chi connectivity index (χ0v) is 20.2. The molecule has 0 fully saturated rings. The average molecular weight is 452 g/mol. The van der Waals surface area contributed by atoms with Gasteiger partial charge in [0.25, 0.3) is 0 Å². The van der Waals surface area contributed by atoms with E-state index in [1.807, 2.05) is 37.6 Å². The summed E-state index contributed by atoms with van der Waals surface area (Å²) in [6.07, 6.45) is 0. The maximum Gasteiger partial charge on any atom is 0.234 e. The second-order valence-corrected chi connectivity index (χ2v) is 9.84. The lowest BCUT2D eigenvalue weighted by Crippen LogP contribution is -2.15. The minimum atomic E-state index is -0.0753. The molecule has 0 radical (unpaired) electrons. The maximum atomic E-state index is 12.8. The summed E-state index contributed by atoms with van der Waals surface area (Å²) >= 11 is 3.13. The molecule has 0 unspecified atom stereocenters. The number of aryl methyl sites for hydroxylation is 5. The Balaban J connectivity index is 1.53. The molecule has 1 N–H and O–H groups in total. The van der Waals surface area contributed by atoms with E-state index in [-0.39, 0.29) is 11.7 Å². The first kappa shape index (κ1) is 21.5. The summed E-state index contributed by atoms with van der Waals surface area (Å²) in [5.74, 6) is 0.922. The van der Waals surface area contributed by atoms with Crippen molar-refractivity contribution >= 4 is 44.9 Å². The fourth-order valence-corrected chi connectivity index (χ4v) is 5.56. The Morgan fingerprint density at radius 3 is 2.48 bits per heavy atom. The van der Waals surface area contributed by atoms with Gasteiger partial charge in [-0.2, -0.15) is 5.10 Å². The largest absolute Gasteiger partial charge is 0.322 e. The predicted octanol–water partition coefficient (Wildman–Crippen LogP) is 5.46. The third-order valence-corrected chi connectivity index (χ3v) is 7.36. The van der Waals surface area contributed by atoms with Crippen LogP contribution in [0.15, 0.2) is 29.3 Å². The second-order valence-electron chi connectivity index (χ2n) is 7.67. The fraction of sp³-hybridized carbons (Fsp3) is 0.304. The number of rotatable bonds is 5. The molecule has 1 amide bonds. The van der Waals surface area contributed by atoms with Gasteiger partial charge in [-0.3, -0.25) is 4.79 Å². The molecule has 3 aromatic heterocycles. The average Bonchev–Trinajstić information content (AvgIpc) is 3.16. The van der Waals surface area contributed by atoms with Crippen molar-refractivity contribution in [2.24, 2.45) is 0 Å². The van der Waals surface area contributed by atoms with Crippen molar-refractivity contribution in [2.45, 2.75) is 46.6 Å². The van der Waals surface area contributed by atoms with Gasteiger partial charge in [0.05, 0.1) is 28.5 Å². The van der Waals surface area contributed by atoms with Gasteiger partial charge >= 0.3 is 0 Å². The molecule has 0 atom stereocenters. The van der Waals surface area contributed by atoms with Crippen LogP contribution in [-0.4, -0.2) is 31.4 Å². The van der Waals surface area contributed by atoms with E-state index < -0.39 is 0 Å². The number of carbonyl (C=O) groups excluding carboxylic acids is 1. The Hall–Kier alpha value is -2.71. The number of fused-ring (bicyclic) bond motifs is 1. The van der Waals surface area contributed by atoms with Gasteiger partial charge in [0.1, 0.15) is 15.7 Å². The highest BCUT2D eigenvalue weighted by Gasteiger charge is 2.18. The van der Waals surface area contributed by atoms with Crippen LogP contribution in [0.1, 0.15) is 33.2 Å². The zero-order valence-electron chi connectivity index (χ0n) is 18.5. The molecule has 6 nitrogen and oxygen atoms in total. The van der Waals surface area contributed by atoms with Crippen LogP contribution in [0, 0.1) is 41.5 Å². The third-order valence-electron chi connectivity index (χ3n) is 5.28. The quantitative estimate of drug-likeness (QED) is 0.322. The van der Waals surface area contributed by atoms with Gasteiger partial charge in [-0.15, -0.1) is 11.3 Å². The number of hydrogen-bond donors (Lipinski definition) is 1. The molecular formula is C23H25N5OS2. The molecule has 0 spiro atoms. The summed E-state index contributed by atoms with van der Waals surface area (Å²) in [4.78, 5) is 24.2. The number of aromatic nitrogens is 4. The summed E-state index contributed by atoms with van der Waals surface area (Å²) in [7, 11) is 0. The van der Waals surface area contributed by atoms with E-state index in [1.54, 1.807) is 11.3 Å². The molecule has 0 bridgehead atoms. The third kappa shape index (κ3) is 4.22. The van der Waals surface area contributed by atoms with Crippen molar-refractivity contribution in [3.63, 3.8) is 0 Å². The first-order chi connectivity index (χ1) is 14.7. The van der Waals surface area contributed by atoms with E-state index in [1.165, 1.54) is 27.8 Å². The highest BCUT2D eigenvalue weighted by Crippen LogP contribution is 2.35. The number of carbonyl (C=O) groups is 1. The lowest BCUT2D eigenvalue weighted by Gasteiger charge is -2.08. The van der Waals surface area contributed by atoms with Gasteiger partial charge in [0.2, 0.25) is 5.91 Å². The van der Waals surface area contributed by atoms with Gasteiger partial charge in [-0.05, 0) is 59.2 Å². The highest BCUT2D eigenvalue weighted by molar-refractivity contribution is 8.00. The predicted molar refractivity (Wildman–Crippen MR) is 129 cm³/mol. The first-order valence-electron chi connectivity index (χ1n) is 10.0. The lowest BCUT2D eigenvalue weighted by atomic mass is 10.2. The van der Waals surface area contributed by atoms with E-state index in [0.29, 0.717) is 0 Å². The van der Waals surface area contributed by atoms with Crippen LogP contribution in [0.3, 0.4) is 0 Å². The molecule has 160 valence electrons. The first-order valence-corrected chi connectivity index (χ1v) is 11.8. The summed E-state index contributed by atoms with van der Waals surface area (Å²) in [5.41, 5.74) is 5.82. The molecule has 0 saturated heterocycles. The van der Waals surface area contributed by atoms with Crippen molar-refractivity contribution in [3.8, 4) is 5.69 Å². The van der Waals surface area contributed by atoms with Crippen LogP contribution in [0.25, 0.3) is 15.9 Å². The molecule has 8 heteroatoms. The number of hydrogen-bond acceptors (Lipinski definition) is 6. The van der Waals surface area contributed by atoms with E-state index in [4.69, 9.17) is 0 Å². The SMILES string of the molecule is Cc1ccc(-n2nc(C)c(NC(=O)CSc3nc(C)nc4sc(C)c(C)c34)c2C)cc1. The lowest BCUT2D eigenvalue weighted by molar-refractivity contribution is -0.113. The summed E-state index contributed by atoms with van der Waals surface area (Å²) < 4.78 is 1.87. The molecule has 0 aliphatic carbocycles. The Labute approximate surface area is 190 Å². The minimum Gasteiger partial charge on any atom is -0.322 e. The number of amides is 1. The monoisotopic (exact) mass is 451 g/mol. The normalized spacial score (nSPS) is 11.3. The van der Waals surface area contributed by atoms with Gasteiger partial charge in [-0.1, -0.05) is 29.5 Å². The minimum absolute atomic E-state index is 0.0753. The Kier molecular flexibility index (Phi) is 5.85. The Bertz CT molecular complexity index is 1290. The summed E-state index contributed by atoms with van der Waals surface area (Å²) in [6.45, 7) is 12.0. The number of anilines is 1. The highest BCUT2D eigenvalue weighted by atomic mass is 32.2. The fourth-order valence-electron chi connectivity index (χ4n) is 3.49. The number of thiophene rings is 1. The maximum absolute atomic E-state index is 12.8. The van der Waals surface area contributed by atoms with Gasteiger partial charge < -0.3 is 5.32 Å². The zero-order chi connectivity index (χ0) is 22.3. The van der Waals surface area contributed by atoms with Crippen molar-refractivity contribution < 1.29 is 4.79 Å². The second kappa shape index (κ2) is 8.43. The molecular weight excluding hydrogens is 426 g/mol. The molecule has 0 aliphatic heterocycles. The molecule has 0 aliphatic rings. The molecule has 4 aromatic rings. The van der Waals surface area contributed by atoms with E-state index in [9.17, 15) is 4.79 Å². The van der Waals surface area contributed by atoms with Crippen LogP contribution in [-0.2, 0) is 4.79 Å². The van der Waals surface area contributed by atoms with Crippen molar-refractivity contribution in [2.75, 3.05) is 11.1 Å². The molecule has 31 heavy (non-hydrogen) atoms. The van der Waals surface area contributed by atoms with E-state index in [0.717, 1.165) is 43.8 Å². The van der Waals surface area contributed by atoms with Crippen molar-refractivity contribution in [3.05, 3.63) is 57.5 Å². The van der Waals surface area contributed by atoms with Crippen molar-refractivity contribution in [1.82, 2.24) is 19.7 Å². The van der Waals surface area contributed by atoms with Crippen LogP contribution in [0.5, 0.6) is 0 Å². The number of thioether (sulfide) groups is 1. The van der Waals surface area contributed by atoms with Crippen LogP contribution in [0.4, 0.5) is 5.69 Å². The number of nitrogens with one attached hydrogen (secondary N) is 1. The van der Waals surface area contributed by atoms with Gasteiger partial charge in [-0.25, -0.2) is 14.6 Å². The molecule has 0 saturated carbocycles. The van der Waals surface area contributed by atoms with E-state index >= 15 is 0 Å². The Morgan fingerprint density at radius 1 is 1.06 bits per heavy atom. The number of nitrogens with zero attached hydrogens (tertiary/aromatic N) is 4. The topological polar surface area (TPSA) is 72.7 Å². The standard InChI is InChI=1S/C23H25N5OS2/c1-12-7-9-18(10-8-12)28-15(4)21(14(3)27-28)26-19(29)11-30-22-20-13(2)16(5)31-23(20)25-17(6)24-22/h7-10H,11H2,1-6H3,(H,26,29). The molecule has 1 aromatic carbocycles. The smallest absolute Gasteiger partial charge is 0.234 e. The Morgan fingerprint density at radius 2 is 1.77 bits per heavy atom. The summed E-state index contributed by atoms with van der Waals surface area (Å²) in [6, 6.07) is 8.17. The summed E-state index contributed by atoms with van der Waals surface area (Å²) in [5, 5.41) is 9.60. The van der Waals surface area contributed by atoms with Crippen LogP contribution < -0.4 is 5.32 Å². The molecule has 4 rings (SSSR count). The number of benzene rings is 1. The van der Waals surface area contributed by atoms with Gasteiger partial charge in [0.15, 0.2) is 0 Å². The van der Waals surface area contributed by atoms with Crippen LogP contribution >= 0.6 is 23.1 Å². The van der Waals surface area contributed by atoms with Gasteiger partial charge in [0, 0.05) is 10.3 Å².